The summed E-state index contributed by atoms with van der Waals surface area (Å²) in [5.74, 6) is -0.184. The minimum Gasteiger partial charge on any atom is -0.483 e. The highest BCUT2D eigenvalue weighted by molar-refractivity contribution is 7.17. The van der Waals surface area contributed by atoms with E-state index in [-0.39, 0.29) is 19.1 Å². The second kappa shape index (κ2) is 8.26. The van der Waals surface area contributed by atoms with Crippen molar-refractivity contribution in [3.63, 3.8) is 0 Å². The van der Waals surface area contributed by atoms with Crippen LogP contribution in [0.25, 0.3) is 0 Å². The fourth-order valence-electron chi connectivity index (χ4n) is 1.86. The molecule has 0 fully saturated rings. The quantitative estimate of drug-likeness (QED) is 0.616. The fraction of sp³-hybridized carbons (Fsp3) is 0.235. The van der Waals surface area contributed by atoms with Gasteiger partial charge in [-0.25, -0.2) is 9.78 Å². The molecule has 0 radical (unpaired) electrons. The highest BCUT2D eigenvalue weighted by Gasteiger charge is 2.17. The number of amides is 1. The molecule has 24 heavy (non-hydrogen) atoms. The summed E-state index contributed by atoms with van der Waals surface area (Å²) < 4.78 is 10.4. The Bertz CT molecular complexity index is 755. The minimum absolute atomic E-state index is 0.127. The second-order valence-electron chi connectivity index (χ2n) is 4.92. The zero-order valence-corrected chi connectivity index (χ0v) is 14.3. The van der Waals surface area contributed by atoms with Crippen LogP contribution in [0, 0.1) is 13.8 Å². The molecule has 0 spiro atoms. The van der Waals surface area contributed by atoms with E-state index in [2.05, 4.69) is 16.9 Å². The summed E-state index contributed by atoms with van der Waals surface area (Å²) in [5.41, 5.74) is 1.45. The average Bonchev–Trinajstić information content (AvgIpc) is 2.92. The first kappa shape index (κ1) is 17.7. The Balaban J connectivity index is 1.93. The molecule has 7 heteroatoms. The van der Waals surface area contributed by atoms with Crippen molar-refractivity contribution in [3.05, 3.63) is 53.1 Å². The van der Waals surface area contributed by atoms with Gasteiger partial charge in [0.25, 0.3) is 5.91 Å². The highest BCUT2D eigenvalue weighted by Crippen LogP contribution is 2.23. The number of thiazole rings is 1. The molecule has 0 bridgehead atoms. The number of esters is 1. The van der Waals surface area contributed by atoms with Crippen molar-refractivity contribution in [2.24, 2.45) is 0 Å². The standard InChI is InChI=1S/C17H18N2O4S/c1-4-9-22-16(21)15-12(3)18-17(24-15)19-14(20)10-23-13-8-6-5-7-11(13)2/h4-8H,1,9-10H2,2-3H3,(H,18,19,20). The Morgan fingerprint density at radius 2 is 2.08 bits per heavy atom. The highest BCUT2D eigenvalue weighted by atomic mass is 32.1. The van der Waals surface area contributed by atoms with Crippen molar-refractivity contribution in [1.82, 2.24) is 4.98 Å². The summed E-state index contributed by atoms with van der Waals surface area (Å²) in [4.78, 5) is 28.3. The van der Waals surface area contributed by atoms with Crippen LogP contribution in [0.1, 0.15) is 20.9 Å². The molecule has 126 valence electrons. The molecule has 2 aromatic rings. The van der Waals surface area contributed by atoms with E-state index in [9.17, 15) is 9.59 Å². The Morgan fingerprint density at radius 3 is 2.79 bits per heavy atom. The van der Waals surface area contributed by atoms with Crippen molar-refractivity contribution >= 4 is 28.3 Å². The minimum atomic E-state index is -0.485. The monoisotopic (exact) mass is 346 g/mol. The third-order valence-corrected chi connectivity index (χ3v) is 4.07. The first-order chi connectivity index (χ1) is 11.5. The van der Waals surface area contributed by atoms with Gasteiger partial charge in [0.05, 0.1) is 5.69 Å². The average molecular weight is 346 g/mol. The summed E-state index contributed by atoms with van der Waals surface area (Å²) >= 11 is 1.06. The Kier molecular flexibility index (Phi) is 6.08. The smallest absolute Gasteiger partial charge is 0.350 e. The van der Waals surface area contributed by atoms with Crippen LogP contribution in [0.2, 0.25) is 0 Å². The maximum absolute atomic E-state index is 12.0. The lowest BCUT2D eigenvalue weighted by Gasteiger charge is -2.07. The summed E-state index contributed by atoms with van der Waals surface area (Å²) in [5, 5.41) is 2.95. The molecule has 2 rings (SSSR count). The van der Waals surface area contributed by atoms with Gasteiger partial charge in [0.1, 0.15) is 17.2 Å². The lowest BCUT2D eigenvalue weighted by atomic mass is 10.2. The largest absolute Gasteiger partial charge is 0.483 e. The third-order valence-electron chi connectivity index (χ3n) is 3.01. The van der Waals surface area contributed by atoms with Crippen molar-refractivity contribution in [2.45, 2.75) is 13.8 Å². The molecule has 6 nitrogen and oxygen atoms in total. The summed E-state index contributed by atoms with van der Waals surface area (Å²) in [6.07, 6.45) is 1.49. The molecule has 0 aliphatic heterocycles. The summed E-state index contributed by atoms with van der Waals surface area (Å²) in [6.45, 7) is 7.05. The van der Waals surface area contributed by atoms with Gasteiger partial charge in [-0.3, -0.25) is 10.1 Å². The van der Waals surface area contributed by atoms with E-state index in [4.69, 9.17) is 9.47 Å². The van der Waals surface area contributed by atoms with Crippen molar-refractivity contribution in [3.8, 4) is 5.75 Å². The number of aromatic nitrogens is 1. The van der Waals surface area contributed by atoms with E-state index in [1.54, 1.807) is 13.0 Å². The molecule has 0 aliphatic rings. The van der Waals surface area contributed by atoms with Crippen LogP contribution >= 0.6 is 11.3 Å². The van der Waals surface area contributed by atoms with Crippen LogP contribution in [0.3, 0.4) is 0 Å². The first-order valence-corrected chi connectivity index (χ1v) is 8.06. The Morgan fingerprint density at radius 1 is 1.33 bits per heavy atom. The molecule has 0 unspecified atom stereocenters. The third kappa shape index (κ3) is 4.66. The van der Waals surface area contributed by atoms with Crippen LogP contribution in [0.4, 0.5) is 5.13 Å². The topological polar surface area (TPSA) is 77.5 Å². The lowest BCUT2D eigenvalue weighted by molar-refractivity contribution is -0.118. The predicted molar refractivity (Wildman–Crippen MR) is 92.6 cm³/mol. The number of aryl methyl sites for hydroxylation is 2. The lowest BCUT2D eigenvalue weighted by Crippen LogP contribution is -2.20. The molecular formula is C17H18N2O4S. The van der Waals surface area contributed by atoms with Crippen LogP contribution in [0.15, 0.2) is 36.9 Å². The number of carbonyl (C=O) groups excluding carboxylic acids is 2. The van der Waals surface area contributed by atoms with Gasteiger partial charge >= 0.3 is 5.97 Å². The molecule has 0 atom stereocenters. The SMILES string of the molecule is C=CCOC(=O)c1sc(NC(=O)COc2ccccc2C)nc1C. The van der Waals surface area contributed by atoms with Gasteiger partial charge < -0.3 is 9.47 Å². The number of nitrogens with zero attached hydrogens (tertiary/aromatic N) is 1. The number of ether oxygens (including phenoxy) is 2. The number of nitrogens with one attached hydrogen (secondary N) is 1. The maximum Gasteiger partial charge on any atom is 0.350 e. The van der Waals surface area contributed by atoms with E-state index in [1.807, 2.05) is 25.1 Å². The Hall–Kier alpha value is -2.67. The van der Waals surface area contributed by atoms with Crippen molar-refractivity contribution in [1.29, 1.82) is 0 Å². The molecule has 0 aliphatic carbocycles. The van der Waals surface area contributed by atoms with Crippen LogP contribution < -0.4 is 10.1 Å². The fourth-order valence-corrected chi connectivity index (χ4v) is 2.73. The number of anilines is 1. The summed E-state index contributed by atoms with van der Waals surface area (Å²) in [6, 6.07) is 7.43. The molecule has 1 heterocycles. The van der Waals surface area contributed by atoms with Crippen LogP contribution in [-0.2, 0) is 9.53 Å². The molecule has 1 aromatic heterocycles. The zero-order chi connectivity index (χ0) is 17.5. The maximum atomic E-state index is 12.0. The summed E-state index contributed by atoms with van der Waals surface area (Å²) in [7, 11) is 0. The molecular weight excluding hydrogens is 328 g/mol. The van der Waals surface area contributed by atoms with Gasteiger partial charge in [0, 0.05) is 0 Å². The second-order valence-corrected chi connectivity index (χ2v) is 5.92. The van der Waals surface area contributed by atoms with Crippen LogP contribution in [-0.4, -0.2) is 30.1 Å². The van der Waals surface area contributed by atoms with Crippen LogP contribution in [0.5, 0.6) is 5.75 Å². The molecule has 1 amide bonds. The number of hydrogen-bond acceptors (Lipinski definition) is 6. The van der Waals surface area contributed by atoms with Gasteiger partial charge in [0.15, 0.2) is 11.7 Å². The molecule has 1 N–H and O–H groups in total. The van der Waals surface area contributed by atoms with E-state index in [0.717, 1.165) is 16.9 Å². The molecule has 0 saturated heterocycles. The van der Waals surface area contributed by atoms with Gasteiger partial charge in [0.2, 0.25) is 0 Å². The normalized spacial score (nSPS) is 10.1. The van der Waals surface area contributed by atoms with E-state index < -0.39 is 5.97 Å². The number of para-hydroxylation sites is 1. The Labute approximate surface area is 144 Å². The van der Waals surface area contributed by atoms with Gasteiger partial charge in [-0.15, -0.1) is 0 Å². The molecule has 1 aromatic carbocycles. The zero-order valence-electron chi connectivity index (χ0n) is 13.5. The van der Waals surface area contributed by atoms with Gasteiger partial charge in [-0.1, -0.05) is 42.2 Å². The number of carbonyl (C=O) groups is 2. The van der Waals surface area contributed by atoms with E-state index in [0.29, 0.717) is 21.5 Å². The number of benzene rings is 1. The van der Waals surface area contributed by atoms with Gasteiger partial charge in [-0.05, 0) is 25.5 Å². The van der Waals surface area contributed by atoms with Crippen molar-refractivity contribution in [2.75, 3.05) is 18.5 Å². The van der Waals surface area contributed by atoms with Gasteiger partial charge in [-0.2, -0.15) is 0 Å². The van der Waals surface area contributed by atoms with E-state index >= 15 is 0 Å². The van der Waals surface area contributed by atoms with Crippen molar-refractivity contribution < 1.29 is 19.1 Å². The number of rotatable bonds is 7. The number of hydrogen-bond donors (Lipinski definition) is 1. The first-order valence-electron chi connectivity index (χ1n) is 7.25. The predicted octanol–water partition coefficient (Wildman–Crippen LogP) is 3.12. The van der Waals surface area contributed by atoms with E-state index in [1.165, 1.54) is 6.08 Å². The molecule has 0 saturated carbocycles.